The number of H-pyrrole nitrogens is 2. The summed E-state index contributed by atoms with van der Waals surface area (Å²) in [4.78, 5) is 15.7. The third-order valence-corrected chi connectivity index (χ3v) is 12.2. The smallest absolute Gasteiger partial charge is 0.185 e. The number of nitrogens with one attached hydrogen (secondary N) is 4. The minimum atomic E-state index is -1.89. The highest BCUT2D eigenvalue weighted by molar-refractivity contribution is 5.98. The lowest BCUT2D eigenvalue weighted by molar-refractivity contribution is 0.203. The molecule has 7 aromatic rings. The van der Waals surface area contributed by atoms with Gasteiger partial charge in [0.05, 0.1) is 59.8 Å². The van der Waals surface area contributed by atoms with Gasteiger partial charge in [0, 0.05) is 50.4 Å². The largest absolute Gasteiger partial charge is 0.508 e. The van der Waals surface area contributed by atoms with Crippen LogP contribution in [0.15, 0.2) is 72.8 Å². The van der Waals surface area contributed by atoms with Gasteiger partial charge in [0.2, 0.25) is 0 Å². The number of halogens is 8. The van der Waals surface area contributed by atoms with Crippen LogP contribution in [0.3, 0.4) is 0 Å². The van der Waals surface area contributed by atoms with Crippen LogP contribution in [-0.2, 0) is 12.8 Å². The van der Waals surface area contributed by atoms with Gasteiger partial charge in [-0.1, -0.05) is 31.2 Å². The molecule has 2 aliphatic heterocycles. The number of rotatable bonds is 12. The molecule has 4 aromatic carbocycles. The predicted octanol–water partition coefficient (Wildman–Crippen LogP) is 10.4. The number of aliphatic hydroxyl groups excluding tert-OH is 3. The topological polar surface area (TPSA) is 183 Å². The van der Waals surface area contributed by atoms with Crippen LogP contribution in [0, 0.1) is 46.5 Å². The average Bonchev–Trinajstić information content (AvgIpc) is 4.21. The van der Waals surface area contributed by atoms with E-state index in [9.17, 15) is 25.5 Å². The highest BCUT2D eigenvalue weighted by Gasteiger charge is 2.33. The number of benzene rings is 4. The molecule has 8 bridgehead atoms. The number of aromatic amines is 2. The average molecular weight is 969 g/mol. The third kappa shape index (κ3) is 8.24. The number of nitrogens with zero attached hydrogens (tertiary/aromatic N) is 2. The fourth-order valence-electron chi connectivity index (χ4n) is 8.75. The number of aromatic nitrogens is 4. The quantitative estimate of drug-likeness (QED) is 0.0425. The van der Waals surface area contributed by atoms with E-state index in [1.54, 1.807) is 19.1 Å². The molecule has 360 valence electrons. The molecule has 0 radical (unpaired) electrons. The number of hydrogen-bond donors (Lipinski definition) is 9. The van der Waals surface area contributed by atoms with Gasteiger partial charge in [0.25, 0.3) is 0 Å². The lowest BCUT2D eigenvalue weighted by atomic mass is 9.98. The predicted molar refractivity (Wildman–Crippen MR) is 248 cm³/mol. The molecule has 0 amide bonds. The Kier molecular flexibility index (Phi) is 12.8. The molecule has 19 heteroatoms. The summed E-state index contributed by atoms with van der Waals surface area (Å²) in [7, 11) is 0. The Morgan fingerprint density at radius 3 is 1.36 bits per heavy atom. The van der Waals surface area contributed by atoms with E-state index in [1.165, 1.54) is 72.8 Å². The van der Waals surface area contributed by atoms with Crippen molar-refractivity contribution in [2.24, 2.45) is 0 Å². The highest BCUT2D eigenvalue weighted by Crippen LogP contribution is 2.44. The van der Waals surface area contributed by atoms with E-state index in [0.717, 1.165) is 0 Å². The molecule has 0 spiro atoms. The van der Waals surface area contributed by atoms with Gasteiger partial charge in [-0.05, 0) is 91.1 Å². The number of phenolic OH excluding ortho intramolecular Hbond substituents is 2. The van der Waals surface area contributed by atoms with Gasteiger partial charge >= 0.3 is 0 Å². The van der Waals surface area contributed by atoms with Crippen molar-refractivity contribution in [1.82, 2.24) is 19.9 Å². The van der Waals surface area contributed by atoms with Gasteiger partial charge in [-0.15, -0.1) is 0 Å². The first-order valence-electron chi connectivity index (χ1n) is 21.8. The first-order chi connectivity index (χ1) is 33.7. The van der Waals surface area contributed by atoms with Crippen LogP contribution in [0.1, 0.15) is 36.1 Å². The van der Waals surface area contributed by atoms with E-state index in [1.807, 2.05) is 0 Å². The van der Waals surface area contributed by atoms with Gasteiger partial charge in [-0.25, -0.2) is 40.1 Å². The van der Waals surface area contributed by atoms with Gasteiger partial charge < -0.3 is 46.1 Å². The van der Waals surface area contributed by atoms with Crippen molar-refractivity contribution in [2.45, 2.75) is 38.3 Å². The van der Waals surface area contributed by atoms with Gasteiger partial charge in [0.1, 0.15) is 22.9 Å². The van der Waals surface area contributed by atoms with E-state index >= 15 is 35.1 Å². The number of anilines is 2. The molecule has 0 saturated heterocycles. The van der Waals surface area contributed by atoms with Crippen molar-refractivity contribution in [2.75, 3.05) is 30.5 Å². The fraction of sp³-hybridized carbons (Fsp3) is 0.176. The second-order valence-corrected chi connectivity index (χ2v) is 16.5. The zero-order valence-corrected chi connectivity index (χ0v) is 36.6. The number of aromatic hydroxyl groups is 2. The molecule has 1 unspecified atom stereocenters. The Morgan fingerprint density at radius 1 is 0.486 bits per heavy atom. The van der Waals surface area contributed by atoms with E-state index in [2.05, 4.69) is 20.6 Å². The third-order valence-electron chi connectivity index (χ3n) is 12.2. The summed E-state index contributed by atoms with van der Waals surface area (Å²) in [5, 5.41) is 54.6. The molecule has 70 heavy (non-hydrogen) atoms. The maximum atomic E-state index is 16.7. The highest BCUT2D eigenvalue weighted by atomic mass is 19.2. The standard InChI is InChI=1S/C51H40F8N6O5/c1-2-24(19-66)60-50-46(56)42(52)40(43(53)47(50)57)38-32-13-9-28(62-32)36(22-5-3-7-26(69)17-22)30-11-15-34(64-30)39(41-44(54)48(58)51(49(59)45(41)55)61-25(20-67)21-68)35-16-12-31(65-35)37(29-10-14-33(38)63-29)23-6-4-8-27(70)18-23/h3-9,11-13,15-18,24-25,60-62,65-70H,2,10,14,19-21H2,1H3. The van der Waals surface area contributed by atoms with Crippen LogP contribution < -0.4 is 10.6 Å². The Morgan fingerprint density at radius 2 is 0.886 bits per heavy atom. The van der Waals surface area contributed by atoms with Crippen LogP contribution in [0.2, 0.25) is 0 Å². The van der Waals surface area contributed by atoms with Gasteiger partial charge in [0.15, 0.2) is 46.5 Å². The summed E-state index contributed by atoms with van der Waals surface area (Å²) >= 11 is 0. The minimum absolute atomic E-state index is 0.00428. The summed E-state index contributed by atoms with van der Waals surface area (Å²) in [5.74, 6) is -15.1. The van der Waals surface area contributed by atoms with Crippen molar-refractivity contribution < 1.29 is 60.7 Å². The molecule has 3 aromatic heterocycles. The molecular formula is C51H40F8N6O5. The summed E-state index contributed by atoms with van der Waals surface area (Å²) in [5.41, 5.74) is -4.82. The Hall–Kier alpha value is -7.74. The van der Waals surface area contributed by atoms with Crippen LogP contribution in [-0.4, -0.2) is 77.4 Å². The zero-order chi connectivity index (χ0) is 49.7. The molecule has 2 aliphatic rings. The number of fused-ring (bicyclic) bond motifs is 8. The molecule has 9 rings (SSSR count). The second-order valence-electron chi connectivity index (χ2n) is 16.5. The second kappa shape index (κ2) is 19.0. The maximum Gasteiger partial charge on any atom is 0.185 e. The molecule has 9 N–H and O–H groups in total. The summed E-state index contributed by atoms with van der Waals surface area (Å²) < 4.78 is 131. The van der Waals surface area contributed by atoms with E-state index in [0.29, 0.717) is 5.56 Å². The molecular weight excluding hydrogens is 929 g/mol. The number of hydrogen-bond acceptors (Lipinski definition) is 9. The van der Waals surface area contributed by atoms with Gasteiger partial charge in [-0.2, -0.15) is 0 Å². The number of aryl methyl sites for hydroxylation is 2. The van der Waals surface area contributed by atoms with Crippen LogP contribution in [0.25, 0.3) is 78.7 Å². The van der Waals surface area contributed by atoms with E-state index in [4.69, 9.17) is 9.97 Å². The Labute approximate surface area is 392 Å². The Balaban J connectivity index is 1.46. The van der Waals surface area contributed by atoms with Gasteiger partial charge in [-0.3, -0.25) is 4.98 Å². The normalized spacial score (nSPS) is 12.8. The van der Waals surface area contributed by atoms with E-state index < -0.39 is 107 Å². The Bertz CT molecular complexity index is 3380. The SMILES string of the molecule is CCC(CO)Nc1c(F)c(F)c(-c2c3nc(c(-c4cccc(O)c4)c4ccc([nH]4)c(-c4c(F)c(F)c(NC(CO)CO)c(F)c4F)c4nc(c(-c5cccc(O)c5)c5ccc2[nH]5)C=C4)CC3)c(F)c1F. The lowest BCUT2D eigenvalue weighted by Gasteiger charge is -2.19. The molecule has 0 fully saturated rings. The molecule has 1 atom stereocenters. The van der Waals surface area contributed by atoms with Crippen molar-refractivity contribution in [3.63, 3.8) is 0 Å². The van der Waals surface area contributed by atoms with Crippen LogP contribution in [0.4, 0.5) is 46.5 Å². The number of phenols is 2. The summed E-state index contributed by atoms with van der Waals surface area (Å²) in [6.45, 7) is -0.728. The van der Waals surface area contributed by atoms with Crippen LogP contribution >= 0.6 is 0 Å². The monoisotopic (exact) mass is 968 g/mol. The molecule has 5 heterocycles. The van der Waals surface area contributed by atoms with E-state index in [-0.39, 0.29) is 97.9 Å². The summed E-state index contributed by atoms with van der Waals surface area (Å²) in [6, 6.07) is 14.8. The first kappa shape index (κ1) is 47.3. The molecule has 0 saturated carbocycles. The van der Waals surface area contributed by atoms with Crippen molar-refractivity contribution in [3.05, 3.63) is 142 Å². The van der Waals surface area contributed by atoms with Crippen molar-refractivity contribution in [3.8, 4) is 56.0 Å². The zero-order valence-electron chi connectivity index (χ0n) is 36.6. The molecule has 0 aliphatic carbocycles. The van der Waals surface area contributed by atoms with Crippen molar-refractivity contribution in [1.29, 1.82) is 0 Å². The van der Waals surface area contributed by atoms with Crippen LogP contribution in [0.5, 0.6) is 11.5 Å². The fourth-order valence-corrected chi connectivity index (χ4v) is 8.75. The lowest BCUT2D eigenvalue weighted by Crippen LogP contribution is -2.29. The minimum Gasteiger partial charge on any atom is -0.508 e. The first-order valence-corrected chi connectivity index (χ1v) is 21.8. The number of aliphatic hydroxyl groups is 3. The maximum absolute atomic E-state index is 16.7. The summed E-state index contributed by atoms with van der Waals surface area (Å²) in [6.07, 6.45) is 2.73. The molecule has 11 nitrogen and oxygen atoms in total. The van der Waals surface area contributed by atoms with Crippen molar-refractivity contribution >= 4 is 45.6 Å².